The standard InChI is InChI=1S/C19H32N6O2/c1-7-13(8-2)15-10-14(26-24-15)11-21-18(20-9-3)22-12-16-23-17(27-25-16)19(4,5)6/h10,13H,7-9,11-12H2,1-6H3,(H2,20,21,22). The van der Waals surface area contributed by atoms with Crippen molar-refractivity contribution in [3.8, 4) is 0 Å². The zero-order valence-corrected chi connectivity index (χ0v) is 17.3. The van der Waals surface area contributed by atoms with Gasteiger partial charge in [0.2, 0.25) is 5.89 Å². The molecule has 0 saturated carbocycles. The predicted octanol–water partition coefficient (Wildman–Crippen LogP) is 3.51. The molecule has 150 valence electrons. The van der Waals surface area contributed by atoms with Crippen molar-refractivity contribution in [2.45, 2.75) is 78.8 Å². The van der Waals surface area contributed by atoms with E-state index in [9.17, 15) is 0 Å². The van der Waals surface area contributed by atoms with Gasteiger partial charge in [0.25, 0.3) is 0 Å². The van der Waals surface area contributed by atoms with E-state index in [4.69, 9.17) is 9.05 Å². The van der Waals surface area contributed by atoms with E-state index in [1.165, 1.54) is 0 Å². The van der Waals surface area contributed by atoms with Gasteiger partial charge in [-0.3, -0.25) is 0 Å². The fourth-order valence-electron chi connectivity index (χ4n) is 2.60. The van der Waals surface area contributed by atoms with Crippen molar-refractivity contribution in [2.24, 2.45) is 4.99 Å². The Balaban J connectivity index is 1.96. The molecule has 0 aliphatic heterocycles. The second-order valence-electron chi connectivity index (χ2n) is 7.55. The molecule has 0 unspecified atom stereocenters. The molecule has 0 bridgehead atoms. The van der Waals surface area contributed by atoms with E-state index >= 15 is 0 Å². The van der Waals surface area contributed by atoms with Crippen molar-refractivity contribution in [3.63, 3.8) is 0 Å². The van der Waals surface area contributed by atoms with Crippen LogP contribution < -0.4 is 10.6 Å². The molecule has 0 aliphatic rings. The third kappa shape index (κ3) is 6.08. The van der Waals surface area contributed by atoms with Crippen molar-refractivity contribution in [1.29, 1.82) is 0 Å². The number of nitrogens with one attached hydrogen (secondary N) is 2. The highest BCUT2D eigenvalue weighted by molar-refractivity contribution is 5.79. The number of aromatic nitrogens is 3. The number of aliphatic imine (C=N–C) groups is 1. The van der Waals surface area contributed by atoms with Gasteiger partial charge >= 0.3 is 0 Å². The molecule has 2 aromatic heterocycles. The Morgan fingerprint density at radius 1 is 1.11 bits per heavy atom. The number of rotatable bonds is 8. The van der Waals surface area contributed by atoms with E-state index in [-0.39, 0.29) is 5.41 Å². The van der Waals surface area contributed by atoms with Gasteiger partial charge in [-0.2, -0.15) is 4.98 Å². The van der Waals surface area contributed by atoms with Gasteiger partial charge in [-0.05, 0) is 19.8 Å². The molecule has 0 radical (unpaired) electrons. The number of nitrogens with zero attached hydrogens (tertiary/aromatic N) is 4. The summed E-state index contributed by atoms with van der Waals surface area (Å²) in [5.41, 5.74) is 0.844. The first-order valence-electron chi connectivity index (χ1n) is 9.68. The van der Waals surface area contributed by atoms with Gasteiger partial charge in [0.1, 0.15) is 6.54 Å². The fourth-order valence-corrected chi connectivity index (χ4v) is 2.60. The summed E-state index contributed by atoms with van der Waals surface area (Å²) >= 11 is 0. The first-order valence-corrected chi connectivity index (χ1v) is 9.68. The van der Waals surface area contributed by atoms with E-state index < -0.39 is 0 Å². The van der Waals surface area contributed by atoms with Crippen LogP contribution in [-0.2, 0) is 18.5 Å². The largest absolute Gasteiger partial charge is 0.359 e. The minimum Gasteiger partial charge on any atom is -0.359 e. The Labute approximate surface area is 161 Å². The highest BCUT2D eigenvalue weighted by atomic mass is 16.5. The molecule has 0 fully saturated rings. The van der Waals surface area contributed by atoms with Crippen LogP contribution in [0.4, 0.5) is 0 Å². The van der Waals surface area contributed by atoms with E-state index in [0.717, 1.165) is 30.8 Å². The average molecular weight is 377 g/mol. The van der Waals surface area contributed by atoms with Crippen LogP contribution in [0.15, 0.2) is 20.1 Å². The maximum Gasteiger partial charge on any atom is 0.232 e. The lowest BCUT2D eigenvalue weighted by Crippen LogP contribution is -2.36. The lowest BCUT2D eigenvalue weighted by Gasteiger charge is -2.10. The molecule has 2 N–H and O–H groups in total. The van der Waals surface area contributed by atoms with Gasteiger partial charge in [-0.1, -0.05) is 44.9 Å². The van der Waals surface area contributed by atoms with Crippen LogP contribution in [-0.4, -0.2) is 27.8 Å². The van der Waals surface area contributed by atoms with Crippen molar-refractivity contribution in [2.75, 3.05) is 6.54 Å². The molecule has 0 amide bonds. The Morgan fingerprint density at radius 3 is 2.44 bits per heavy atom. The van der Waals surface area contributed by atoms with Crippen LogP contribution in [0.1, 0.15) is 83.5 Å². The number of hydrogen-bond acceptors (Lipinski definition) is 6. The average Bonchev–Trinajstić information content (AvgIpc) is 3.28. The second-order valence-corrected chi connectivity index (χ2v) is 7.55. The first kappa shape index (κ1) is 20.9. The molecule has 0 spiro atoms. The summed E-state index contributed by atoms with van der Waals surface area (Å²) in [5, 5.41) is 14.6. The maximum atomic E-state index is 5.45. The van der Waals surface area contributed by atoms with E-state index in [0.29, 0.717) is 36.7 Å². The van der Waals surface area contributed by atoms with E-state index in [2.05, 4.69) is 44.8 Å². The van der Waals surface area contributed by atoms with Crippen LogP contribution in [0.2, 0.25) is 0 Å². The first-order chi connectivity index (χ1) is 12.9. The zero-order chi connectivity index (χ0) is 19.9. The Morgan fingerprint density at radius 2 is 1.85 bits per heavy atom. The molecule has 0 aliphatic carbocycles. The molecule has 2 heterocycles. The topological polar surface area (TPSA) is 101 Å². The van der Waals surface area contributed by atoms with Crippen LogP contribution in [0.5, 0.6) is 0 Å². The molecule has 8 nitrogen and oxygen atoms in total. The maximum absolute atomic E-state index is 5.45. The van der Waals surface area contributed by atoms with Gasteiger partial charge in [-0.25, -0.2) is 4.99 Å². The highest BCUT2D eigenvalue weighted by Gasteiger charge is 2.21. The summed E-state index contributed by atoms with van der Waals surface area (Å²) in [7, 11) is 0. The Bertz CT molecular complexity index is 725. The monoisotopic (exact) mass is 376 g/mol. The molecule has 0 saturated heterocycles. The SMILES string of the molecule is CCNC(=NCc1noc(C(C)(C)C)n1)NCc1cc(C(CC)CC)no1. The van der Waals surface area contributed by atoms with Gasteiger partial charge in [0, 0.05) is 23.9 Å². The van der Waals surface area contributed by atoms with Gasteiger partial charge in [0.05, 0.1) is 12.2 Å². The summed E-state index contributed by atoms with van der Waals surface area (Å²) in [6.45, 7) is 14.1. The Kier molecular flexibility index (Phi) is 7.38. The molecular formula is C19H32N6O2. The van der Waals surface area contributed by atoms with E-state index in [1.54, 1.807) is 0 Å². The lowest BCUT2D eigenvalue weighted by atomic mass is 9.97. The normalized spacial score (nSPS) is 12.6. The second kappa shape index (κ2) is 9.53. The van der Waals surface area contributed by atoms with Crippen molar-refractivity contribution >= 4 is 5.96 Å². The van der Waals surface area contributed by atoms with Crippen molar-refractivity contribution in [3.05, 3.63) is 29.2 Å². The minimum atomic E-state index is -0.170. The molecule has 0 aromatic carbocycles. The third-order valence-corrected chi connectivity index (χ3v) is 4.24. The predicted molar refractivity (Wildman–Crippen MR) is 104 cm³/mol. The van der Waals surface area contributed by atoms with Crippen LogP contribution >= 0.6 is 0 Å². The summed E-state index contributed by atoms with van der Waals surface area (Å²) in [6.07, 6.45) is 2.11. The van der Waals surface area contributed by atoms with Crippen LogP contribution in [0, 0.1) is 0 Å². The smallest absolute Gasteiger partial charge is 0.232 e. The zero-order valence-electron chi connectivity index (χ0n) is 17.3. The molecule has 2 aromatic rings. The molecular weight excluding hydrogens is 344 g/mol. The molecule has 8 heteroatoms. The van der Waals surface area contributed by atoms with Gasteiger partial charge in [0.15, 0.2) is 17.5 Å². The Hall–Kier alpha value is -2.38. The summed E-state index contributed by atoms with van der Waals surface area (Å²) in [5.74, 6) is 3.07. The van der Waals surface area contributed by atoms with E-state index in [1.807, 2.05) is 33.8 Å². The van der Waals surface area contributed by atoms with Gasteiger partial charge < -0.3 is 19.7 Å². The number of hydrogen-bond donors (Lipinski definition) is 2. The van der Waals surface area contributed by atoms with Crippen LogP contribution in [0.25, 0.3) is 0 Å². The lowest BCUT2D eigenvalue weighted by molar-refractivity contribution is 0.318. The highest BCUT2D eigenvalue weighted by Crippen LogP contribution is 2.22. The molecule has 27 heavy (non-hydrogen) atoms. The molecule has 2 rings (SSSR count). The third-order valence-electron chi connectivity index (χ3n) is 4.24. The fraction of sp³-hybridized carbons (Fsp3) is 0.684. The minimum absolute atomic E-state index is 0.170. The van der Waals surface area contributed by atoms with Gasteiger partial charge in [-0.15, -0.1) is 0 Å². The summed E-state index contributed by atoms with van der Waals surface area (Å²) in [4.78, 5) is 8.92. The summed E-state index contributed by atoms with van der Waals surface area (Å²) < 4.78 is 10.7. The summed E-state index contributed by atoms with van der Waals surface area (Å²) in [6, 6.07) is 2.02. The quantitative estimate of drug-likeness (QED) is 0.537. The van der Waals surface area contributed by atoms with Crippen molar-refractivity contribution in [1.82, 2.24) is 25.9 Å². The van der Waals surface area contributed by atoms with Crippen LogP contribution in [0.3, 0.4) is 0 Å². The number of guanidine groups is 1. The molecule has 0 atom stereocenters. The van der Waals surface area contributed by atoms with Crippen molar-refractivity contribution < 1.29 is 9.05 Å².